The Morgan fingerprint density at radius 3 is 2.73 bits per heavy atom. The number of carbonyl (C=O) groups excluding carboxylic acids is 2. The van der Waals surface area contributed by atoms with Crippen LogP contribution in [-0.2, 0) is 0 Å². The molecule has 3 nitrogen and oxygen atoms in total. The van der Waals surface area contributed by atoms with Gasteiger partial charge >= 0.3 is 0 Å². The number of aromatic nitrogens is 1. The highest BCUT2D eigenvalue weighted by Crippen LogP contribution is 2.28. The zero-order valence-electron chi connectivity index (χ0n) is 7.56. The largest absolute Gasteiger partial charge is 0.289 e. The van der Waals surface area contributed by atoms with Gasteiger partial charge < -0.3 is 0 Å². The van der Waals surface area contributed by atoms with Crippen molar-refractivity contribution in [3.63, 3.8) is 0 Å². The molecular weight excluding hydrogens is 210 g/mol. The summed E-state index contributed by atoms with van der Waals surface area (Å²) in [5.41, 5.74) is 3.44. The fourth-order valence-corrected chi connectivity index (χ4v) is 2.54. The zero-order valence-corrected chi connectivity index (χ0v) is 8.38. The van der Waals surface area contributed by atoms with E-state index in [-0.39, 0.29) is 11.6 Å². The lowest BCUT2D eigenvalue weighted by Gasteiger charge is -2.08. The highest BCUT2D eigenvalue weighted by atomic mass is 32.1. The van der Waals surface area contributed by atoms with E-state index in [2.05, 4.69) is 4.98 Å². The fourth-order valence-electron chi connectivity index (χ4n) is 1.70. The maximum absolute atomic E-state index is 11.7. The van der Waals surface area contributed by atoms with E-state index < -0.39 is 0 Å². The third-order valence-corrected chi connectivity index (χ3v) is 3.26. The van der Waals surface area contributed by atoms with Gasteiger partial charge in [-0.25, -0.2) is 4.98 Å². The summed E-state index contributed by atoms with van der Waals surface area (Å²) in [5, 5.41) is 0. The van der Waals surface area contributed by atoms with Crippen molar-refractivity contribution in [1.29, 1.82) is 0 Å². The lowest BCUT2D eigenvalue weighted by atomic mass is 9.94. The van der Waals surface area contributed by atoms with Crippen LogP contribution < -0.4 is 0 Å². The number of hydrogen-bond donors (Lipinski definition) is 0. The van der Waals surface area contributed by atoms with Crippen molar-refractivity contribution in [1.82, 2.24) is 4.98 Å². The van der Waals surface area contributed by atoms with E-state index in [1.54, 1.807) is 17.6 Å². The second-order valence-corrected chi connectivity index (χ2v) is 4.11. The van der Waals surface area contributed by atoms with Crippen molar-refractivity contribution in [2.24, 2.45) is 0 Å². The lowest BCUT2D eigenvalue weighted by Crippen LogP contribution is -2.11. The Bertz CT molecular complexity index is 625. The first kappa shape index (κ1) is 8.49. The molecule has 0 unspecified atom stereocenters. The number of benzene rings is 1. The molecule has 0 atom stereocenters. The number of ketones is 2. The van der Waals surface area contributed by atoms with Crippen LogP contribution in [0, 0.1) is 0 Å². The first-order chi connectivity index (χ1) is 7.27. The average molecular weight is 215 g/mol. The first-order valence-corrected chi connectivity index (χ1v) is 5.28. The van der Waals surface area contributed by atoms with Crippen molar-refractivity contribution in [2.75, 3.05) is 0 Å². The van der Waals surface area contributed by atoms with Crippen LogP contribution in [0.15, 0.2) is 29.8 Å². The molecule has 1 aromatic carbocycles. The van der Waals surface area contributed by atoms with Crippen LogP contribution in [0.1, 0.15) is 20.7 Å². The van der Waals surface area contributed by atoms with Gasteiger partial charge in [0, 0.05) is 5.56 Å². The summed E-state index contributed by atoms with van der Waals surface area (Å²) in [5.74, 6) is -0.223. The van der Waals surface area contributed by atoms with Crippen molar-refractivity contribution in [2.45, 2.75) is 0 Å². The van der Waals surface area contributed by atoms with Gasteiger partial charge in [0.1, 0.15) is 0 Å². The molecule has 0 saturated heterocycles. The van der Waals surface area contributed by atoms with E-state index in [9.17, 15) is 9.59 Å². The summed E-state index contributed by atoms with van der Waals surface area (Å²) < 4.78 is 0.801. The molecule has 72 valence electrons. The molecule has 3 rings (SSSR count). The Balaban J connectivity index is 2.48. The predicted molar refractivity (Wildman–Crippen MR) is 57.4 cm³/mol. The summed E-state index contributed by atoms with van der Waals surface area (Å²) in [7, 11) is 0. The Morgan fingerprint density at radius 2 is 1.87 bits per heavy atom. The van der Waals surface area contributed by atoms with Gasteiger partial charge in [0.2, 0.25) is 0 Å². The van der Waals surface area contributed by atoms with E-state index in [1.807, 2.05) is 0 Å². The number of thiazole rings is 1. The smallest absolute Gasteiger partial charge is 0.188 e. The van der Waals surface area contributed by atoms with Crippen molar-refractivity contribution < 1.29 is 9.59 Å². The molecule has 0 saturated carbocycles. The quantitative estimate of drug-likeness (QED) is 0.677. The van der Waals surface area contributed by atoms with E-state index >= 15 is 0 Å². The first-order valence-electron chi connectivity index (χ1n) is 4.40. The number of carbonyl (C=O) groups is 2. The highest BCUT2D eigenvalue weighted by Gasteiger charge is 2.22. The van der Waals surface area contributed by atoms with Gasteiger partial charge in [-0.05, 0) is 24.3 Å². The van der Waals surface area contributed by atoms with E-state index in [0.717, 1.165) is 10.2 Å². The molecule has 4 heteroatoms. The Hall–Kier alpha value is -1.81. The van der Waals surface area contributed by atoms with Crippen LogP contribution in [0.2, 0.25) is 0 Å². The van der Waals surface area contributed by atoms with Crippen molar-refractivity contribution in [3.05, 3.63) is 40.9 Å². The van der Waals surface area contributed by atoms with Crippen LogP contribution >= 0.6 is 11.3 Å². The summed E-state index contributed by atoms with van der Waals surface area (Å²) >= 11 is 1.39. The molecule has 0 amide bonds. The van der Waals surface area contributed by atoms with Crippen LogP contribution in [0.3, 0.4) is 0 Å². The summed E-state index contributed by atoms with van der Waals surface area (Å²) in [6.45, 7) is 0. The van der Waals surface area contributed by atoms with Gasteiger partial charge in [0.15, 0.2) is 11.6 Å². The molecule has 0 fully saturated rings. The van der Waals surface area contributed by atoms with Gasteiger partial charge in [0.05, 0.1) is 21.3 Å². The van der Waals surface area contributed by atoms with Crippen LogP contribution in [-0.4, -0.2) is 16.6 Å². The second kappa shape index (κ2) is 2.84. The molecule has 2 aromatic rings. The van der Waals surface area contributed by atoms with E-state index in [0.29, 0.717) is 11.1 Å². The van der Waals surface area contributed by atoms with Crippen molar-refractivity contribution in [3.8, 4) is 0 Å². The molecule has 0 spiro atoms. The standard InChI is InChI=1S/C11H5NO2S/c13-8-3-4-9(14)10-6(8)1-2-7-11(10)15-5-12-7/h1-5H. The number of fused-ring (bicyclic) bond motifs is 3. The summed E-state index contributed by atoms with van der Waals surface area (Å²) in [6, 6.07) is 3.44. The second-order valence-electron chi connectivity index (χ2n) is 3.25. The number of hydrogen-bond acceptors (Lipinski definition) is 4. The molecule has 0 radical (unpaired) electrons. The minimum absolute atomic E-state index is 0.111. The Labute approximate surface area is 89.1 Å². The maximum Gasteiger partial charge on any atom is 0.188 e. The minimum Gasteiger partial charge on any atom is -0.289 e. The van der Waals surface area contributed by atoms with Gasteiger partial charge in [-0.2, -0.15) is 0 Å². The Kier molecular flexibility index (Phi) is 1.61. The third-order valence-electron chi connectivity index (χ3n) is 2.40. The third kappa shape index (κ3) is 1.08. The highest BCUT2D eigenvalue weighted by molar-refractivity contribution is 7.17. The fraction of sp³-hybridized carbons (Fsp3) is 0. The van der Waals surface area contributed by atoms with Crippen molar-refractivity contribution >= 4 is 33.1 Å². The minimum atomic E-state index is -0.112. The number of allylic oxidation sites excluding steroid dienone is 2. The van der Waals surface area contributed by atoms with Gasteiger partial charge in [-0.15, -0.1) is 11.3 Å². The molecule has 1 aliphatic carbocycles. The monoisotopic (exact) mass is 215 g/mol. The molecule has 15 heavy (non-hydrogen) atoms. The summed E-state index contributed by atoms with van der Waals surface area (Å²) in [4.78, 5) is 27.3. The molecule has 1 heterocycles. The van der Waals surface area contributed by atoms with Gasteiger partial charge in [0.25, 0.3) is 0 Å². The molecule has 0 bridgehead atoms. The summed E-state index contributed by atoms with van der Waals surface area (Å²) in [6.07, 6.45) is 2.64. The Morgan fingerprint density at radius 1 is 1.07 bits per heavy atom. The van der Waals surface area contributed by atoms with Gasteiger partial charge in [-0.1, -0.05) is 0 Å². The van der Waals surface area contributed by atoms with E-state index in [1.165, 1.54) is 23.5 Å². The van der Waals surface area contributed by atoms with E-state index in [4.69, 9.17) is 0 Å². The average Bonchev–Trinajstić information content (AvgIpc) is 2.70. The van der Waals surface area contributed by atoms with Crippen LogP contribution in [0.25, 0.3) is 10.2 Å². The SMILES string of the molecule is O=C1C=CC(=O)c2c1ccc1ncsc21. The molecule has 0 N–H and O–H groups in total. The van der Waals surface area contributed by atoms with Crippen LogP contribution in [0.5, 0.6) is 0 Å². The normalized spacial score (nSPS) is 14.7. The molecule has 0 aliphatic heterocycles. The maximum atomic E-state index is 11.7. The molecular formula is C11H5NO2S. The van der Waals surface area contributed by atoms with Crippen LogP contribution in [0.4, 0.5) is 0 Å². The lowest BCUT2D eigenvalue weighted by molar-refractivity contribution is 0.0995. The predicted octanol–water partition coefficient (Wildman–Crippen LogP) is 2.23. The zero-order chi connectivity index (χ0) is 10.4. The molecule has 1 aromatic heterocycles. The topological polar surface area (TPSA) is 47.0 Å². The van der Waals surface area contributed by atoms with Gasteiger partial charge in [-0.3, -0.25) is 9.59 Å². The number of nitrogens with zero attached hydrogens (tertiary/aromatic N) is 1. The molecule has 1 aliphatic rings. The number of rotatable bonds is 0.